The van der Waals surface area contributed by atoms with Gasteiger partial charge in [-0.1, -0.05) is 19.9 Å². The molecule has 1 N–H and O–H groups in total. The first-order valence-corrected chi connectivity index (χ1v) is 9.70. The fourth-order valence-electron chi connectivity index (χ4n) is 2.12. The number of ether oxygens (including phenoxy) is 5. The predicted octanol–water partition coefficient (Wildman–Crippen LogP) is 2.04. The number of Topliss-reactive ketones (excluding diaryl/α,β-unsaturated/α-hetero) is 1. The molecular weight excluding hydrogens is 364 g/mol. The van der Waals surface area contributed by atoms with Crippen molar-refractivity contribution >= 4 is 11.6 Å². The second kappa shape index (κ2) is 16.4. The van der Waals surface area contributed by atoms with Gasteiger partial charge in [0, 0.05) is 19.6 Å². The number of methoxy groups -OCH3 is 1. The minimum atomic E-state index is -0.0642. The summed E-state index contributed by atoms with van der Waals surface area (Å²) in [6.45, 7) is 9.25. The molecule has 0 unspecified atom stereocenters. The van der Waals surface area contributed by atoms with Gasteiger partial charge in [0.15, 0.2) is 5.78 Å². The highest BCUT2D eigenvalue weighted by molar-refractivity contribution is 5.95. The van der Waals surface area contributed by atoms with Crippen LogP contribution in [0.1, 0.15) is 24.3 Å². The van der Waals surface area contributed by atoms with Gasteiger partial charge < -0.3 is 29.0 Å². The summed E-state index contributed by atoms with van der Waals surface area (Å²) in [4.78, 5) is 16.3. The fourth-order valence-corrected chi connectivity index (χ4v) is 2.12. The molecule has 0 saturated carbocycles. The van der Waals surface area contributed by atoms with Crippen LogP contribution in [0.2, 0.25) is 0 Å². The van der Waals surface area contributed by atoms with Crippen molar-refractivity contribution in [1.82, 2.24) is 4.98 Å². The highest BCUT2D eigenvalue weighted by atomic mass is 16.6. The van der Waals surface area contributed by atoms with Gasteiger partial charge in [-0.3, -0.25) is 4.79 Å². The van der Waals surface area contributed by atoms with Crippen LogP contribution >= 0.6 is 0 Å². The number of rotatable bonds is 18. The molecule has 0 aliphatic heterocycles. The van der Waals surface area contributed by atoms with Crippen molar-refractivity contribution in [1.29, 1.82) is 0 Å². The summed E-state index contributed by atoms with van der Waals surface area (Å²) in [5.41, 5.74) is 0.484. The van der Waals surface area contributed by atoms with Gasteiger partial charge in [0.25, 0.3) is 0 Å². The van der Waals surface area contributed by atoms with Crippen molar-refractivity contribution in [2.75, 3.05) is 78.4 Å². The van der Waals surface area contributed by atoms with Gasteiger partial charge in [0.2, 0.25) is 0 Å². The molecule has 0 amide bonds. The minimum Gasteiger partial charge on any atom is -0.382 e. The third kappa shape index (κ3) is 12.0. The van der Waals surface area contributed by atoms with Gasteiger partial charge in [0.05, 0.1) is 59.5 Å². The van der Waals surface area contributed by atoms with Crippen molar-refractivity contribution in [2.45, 2.75) is 13.8 Å². The van der Waals surface area contributed by atoms with E-state index in [2.05, 4.69) is 10.3 Å². The van der Waals surface area contributed by atoms with E-state index in [1.165, 1.54) is 0 Å². The molecule has 0 aliphatic rings. The molecule has 1 heterocycles. The molecule has 8 nitrogen and oxygen atoms in total. The minimum absolute atomic E-state index is 0.0413. The van der Waals surface area contributed by atoms with Crippen LogP contribution in [0, 0.1) is 5.92 Å². The standard InChI is InChI=1S/C20H34N2O6/c1-17(2)20(23)18-5-4-6-19(22-18)21-7-8-25-11-12-27-15-16-28-14-13-26-10-9-24-3/h4-6,17H,7-16H2,1-3H3,(H,21,22). The Balaban J connectivity index is 1.93. The molecule has 0 saturated heterocycles. The molecule has 1 rings (SSSR count). The summed E-state index contributed by atoms with van der Waals surface area (Å²) in [6.07, 6.45) is 0. The van der Waals surface area contributed by atoms with Crippen molar-refractivity contribution in [3.05, 3.63) is 23.9 Å². The number of pyridine rings is 1. The Bertz CT molecular complexity index is 527. The van der Waals surface area contributed by atoms with Gasteiger partial charge in [-0.15, -0.1) is 0 Å². The molecule has 28 heavy (non-hydrogen) atoms. The lowest BCUT2D eigenvalue weighted by Gasteiger charge is -2.09. The first kappa shape index (κ1) is 24.5. The van der Waals surface area contributed by atoms with Crippen LogP contribution in [-0.4, -0.2) is 83.9 Å². The lowest BCUT2D eigenvalue weighted by molar-refractivity contribution is -0.00700. The number of anilines is 1. The average molecular weight is 399 g/mol. The van der Waals surface area contributed by atoms with Crippen LogP contribution in [0.25, 0.3) is 0 Å². The van der Waals surface area contributed by atoms with E-state index < -0.39 is 0 Å². The number of nitrogens with zero attached hydrogens (tertiary/aromatic N) is 1. The highest BCUT2D eigenvalue weighted by Crippen LogP contribution is 2.09. The normalized spacial score (nSPS) is 11.1. The van der Waals surface area contributed by atoms with Crippen LogP contribution in [0.4, 0.5) is 5.82 Å². The van der Waals surface area contributed by atoms with Crippen molar-refractivity contribution < 1.29 is 28.5 Å². The molecule has 0 radical (unpaired) electrons. The number of carbonyl (C=O) groups excluding carboxylic acids is 1. The Morgan fingerprint density at radius 1 is 0.893 bits per heavy atom. The largest absolute Gasteiger partial charge is 0.382 e. The number of hydrogen-bond acceptors (Lipinski definition) is 8. The van der Waals surface area contributed by atoms with E-state index in [1.54, 1.807) is 13.2 Å². The molecule has 0 aromatic carbocycles. The SMILES string of the molecule is COCCOCCOCCOCCOCCNc1cccc(C(=O)C(C)C)n1. The predicted molar refractivity (Wildman–Crippen MR) is 107 cm³/mol. The Morgan fingerprint density at radius 2 is 1.43 bits per heavy atom. The van der Waals surface area contributed by atoms with Gasteiger partial charge in [-0.2, -0.15) is 0 Å². The van der Waals surface area contributed by atoms with E-state index >= 15 is 0 Å². The quantitative estimate of drug-likeness (QED) is 0.297. The topological polar surface area (TPSA) is 88.1 Å². The number of carbonyl (C=O) groups is 1. The number of hydrogen-bond donors (Lipinski definition) is 1. The summed E-state index contributed by atoms with van der Waals surface area (Å²) < 4.78 is 26.5. The molecule has 0 atom stereocenters. The van der Waals surface area contributed by atoms with Gasteiger partial charge >= 0.3 is 0 Å². The second-order valence-electron chi connectivity index (χ2n) is 6.30. The first-order valence-electron chi connectivity index (χ1n) is 9.70. The summed E-state index contributed by atoms with van der Waals surface area (Å²) in [7, 11) is 1.64. The summed E-state index contributed by atoms with van der Waals surface area (Å²) in [6, 6.07) is 5.40. The number of ketones is 1. The van der Waals surface area contributed by atoms with E-state index in [0.717, 1.165) is 0 Å². The van der Waals surface area contributed by atoms with Gasteiger partial charge in [-0.05, 0) is 12.1 Å². The zero-order valence-electron chi connectivity index (χ0n) is 17.3. The Labute approximate surface area is 167 Å². The number of aromatic nitrogens is 1. The maximum absolute atomic E-state index is 12.0. The van der Waals surface area contributed by atoms with Gasteiger partial charge in [-0.25, -0.2) is 4.98 Å². The first-order chi connectivity index (χ1) is 13.6. The van der Waals surface area contributed by atoms with E-state index in [-0.39, 0.29) is 11.7 Å². The molecule has 8 heteroatoms. The molecule has 1 aromatic heterocycles. The molecule has 0 bridgehead atoms. The highest BCUT2D eigenvalue weighted by Gasteiger charge is 2.11. The maximum Gasteiger partial charge on any atom is 0.183 e. The van der Waals surface area contributed by atoms with E-state index in [4.69, 9.17) is 23.7 Å². The molecule has 1 aromatic rings. The molecule has 0 spiro atoms. The van der Waals surface area contributed by atoms with Crippen molar-refractivity contribution in [2.24, 2.45) is 5.92 Å². The number of nitrogens with one attached hydrogen (secondary N) is 1. The Hall–Kier alpha value is -1.58. The molecule has 0 aliphatic carbocycles. The lowest BCUT2D eigenvalue weighted by Crippen LogP contribution is -2.16. The summed E-state index contributed by atoms with van der Waals surface area (Å²) >= 11 is 0. The van der Waals surface area contributed by atoms with E-state index in [1.807, 2.05) is 26.0 Å². The Morgan fingerprint density at radius 3 is 1.96 bits per heavy atom. The van der Waals surface area contributed by atoms with Crippen LogP contribution in [0.5, 0.6) is 0 Å². The fraction of sp³-hybridized carbons (Fsp3) is 0.700. The third-order valence-corrected chi connectivity index (χ3v) is 3.63. The zero-order chi connectivity index (χ0) is 20.5. The third-order valence-electron chi connectivity index (χ3n) is 3.63. The molecular formula is C20H34N2O6. The van der Waals surface area contributed by atoms with E-state index in [9.17, 15) is 4.79 Å². The smallest absolute Gasteiger partial charge is 0.183 e. The maximum atomic E-state index is 12.0. The lowest BCUT2D eigenvalue weighted by atomic mass is 10.1. The van der Waals surface area contributed by atoms with Crippen molar-refractivity contribution in [3.8, 4) is 0 Å². The summed E-state index contributed by atoms with van der Waals surface area (Å²) in [5.74, 6) is 0.653. The van der Waals surface area contributed by atoms with E-state index in [0.29, 0.717) is 77.5 Å². The average Bonchev–Trinajstić information content (AvgIpc) is 2.70. The monoisotopic (exact) mass is 398 g/mol. The summed E-state index contributed by atoms with van der Waals surface area (Å²) in [5, 5.41) is 3.15. The van der Waals surface area contributed by atoms with Crippen LogP contribution in [0.15, 0.2) is 18.2 Å². The molecule has 0 fully saturated rings. The zero-order valence-corrected chi connectivity index (χ0v) is 17.3. The van der Waals surface area contributed by atoms with Crippen molar-refractivity contribution in [3.63, 3.8) is 0 Å². The van der Waals surface area contributed by atoms with Crippen LogP contribution in [0.3, 0.4) is 0 Å². The van der Waals surface area contributed by atoms with Crippen LogP contribution in [-0.2, 0) is 23.7 Å². The van der Waals surface area contributed by atoms with Gasteiger partial charge in [0.1, 0.15) is 11.5 Å². The molecule has 160 valence electrons. The second-order valence-corrected chi connectivity index (χ2v) is 6.30. The Kier molecular flexibility index (Phi) is 14.3. The van der Waals surface area contributed by atoms with Crippen LogP contribution < -0.4 is 5.32 Å².